The number of hydrogen-bond acceptors (Lipinski definition) is 17. The van der Waals surface area contributed by atoms with Gasteiger partial charge in [-0.05, 0) is 85.5 Å². The lowest BCUT2D eigenvalue weighted by Gasteiger charge is -2.49. The van der Waals surface area contributed by atoms with Crippen LogP contribution in [0.15, 0.2) is 30.5 Å². The lowest BCUT2D eigenvalue weighted by Crippen LogP contribution is -2.61. The number of ketones is 1. The highest BCUT2D eigenvalue weighted by atomic mass is 16.7. The highest BCUT2D eigenvalue weighted by Crippen LogP contribution is 2.44. The van der Waals surface area contributed by atoms with Crippen LogP contribution in [0.1, 0.15) is 105 Å². The first-order valence-electron chi connectivity index (χ1n) is 23.5. The molecule has 5 heterocycles. The average molecular weight is 928 g/mol. The fourth-order valence-electron chi connectivity index (χ4n) is 10.5. The molecule has 2 bridgehead atoms. The minimum absolute atomic E-state index is 0.00387. The van der Waals surface area contributed by atoms with Crippen LogP contribution in [0.4, 0.5) is 0 Å². The number of aliphatic hydroxyl groups excluding tert-OH is 3. The number of aliphatic hydroxyl groups is 4. The zero-order valence-corrected chi connectivity index (χ0v) is 40.4. The number of hydrogen-bond donors (Lipinski definition) is 4. The van der Waals surface area contributed by atoms with E-state index in [0.29, 0.717) is 31.5 Å². The van der Waals surface area contributed by atoms with Gasteiger partial charge in [-0.1, -0.05) is 38.1 Å². The molecule has 1 aromatic heterocycles. The number of Topliss-reactive ketones (excluding diaryl/α,β-unsaturated/α-hetero) is 1. The Balaban J connectivity index is 1.29. The second-order valence-electron chi connectivity index (χ2n) is 20.0. The first kappa shape index (κ1) is 51.9. The van der Waals surface area contributed by atoms with Crippen LogP contribution in [-0.4, -0.2) is 164 Å². The van der Waals surface area contributed by atoms with E-state index in [0.717, 1.165) is 11.3 Å². The molecule has 4 aliphatic rings. The molecular formula is C48H73N5O13. The van der Waals surface area contributed by atoms with Crippen LogP contribution in [0.2, 0.25) is 0 Å². The number of fused-ring (bicyclic) bond motifs is 2. The van der Waals surface area contributed by atoms with E-state index < -0.39 is 108 Å². The second kappa shape index (κ2) is 21.0. The SMILES string of the molecule is CC[C@H]1OC(=O)[C@H](C)[C@@H](O[C@H]2C[C@@](C)(OC)[C@@H](O)[C@H](C)O2)[C@H](C)[C@@H](O[C@@H]2O[C@H](C)C[C@H](N(C)CCc3cn(Cc4ccc(C#N)cc4)nn3)[C@H]2O)[C@@]2(C)C[C@@H](CO2)C(=O)[C@H](C)[C@@H](O)[C@]1(C)O. The molecule has 368 valence electrons. The Bertz CT molecular complexity index is 2000. The number of esters is 1. The molecule has 0 amide bonds. The average Bonchev–Trinajstić information content (AvgIpc) is 3.93. The Morgan fingerprint density at radius 1 is 0.985 bits per heavy atom. The molecule has 66 heavy (non-hydrogen) atoms. The van der Waals surface area contributed by atoms with Gasteiger partial charge in [0.25, 0.3) is 0 Å². The van der Waals surface area contributed by atoms with E-state index in [1.165, 1.54) is 14.0 Å². The van der Waals surface area contributed by atoms with Gasteiger partial charge in [0.2, 0.25) is 0 Å². The van der Waals surface area contributed by atoms with E-state index >= 15 is 0 Å². The summed E-state index contributed by atoms with van der Waals surface area (Å²) >= 11 is 0. The molecular weight excluding hydrogens is 855 g/mol. The highest BCUT2D eigenvalue weighted by molar-refractivity contribution is 5.84. The Morgan fingerprint density at radius 2 is 1.68 bits per heavy atom. The van der Waals surface area contributed by atoms with Crippen molar-refractivity contribution in [2.45, 2.75) is 185 Å². The van der Waals surface area contributed by atoms with Crippen molar-refractivity contribution in [1.29, 1.82) is 5.26 Å². The van der Waals surface area contributed by atoms with Crippen LogP contribution < -0.4 is 0 Å². The highest BCUT2D eigenvalue weighted by Gasteiger charge is 2.56. The van der Waals surface area contributed by atoms with Gasteiger partial charge in [-0.15, -0.1) is 5.10 Å². The normalized spacial score (nSPS) is 41.6. The number of methoxy groups -OCH3 is 1. The van der Waals surface area contributed by atoms with Gasteiger partial charge in [-0.25, -0.2) is 4.68 Å². The van der Waals surface area contributed by atoms with Gasteiger partial charge in [0.05, 0.1) is 78.1 Å². The Labute approximate surface area is 388 Å². The Morgan fingerprint density at radius 3 is 2.33 bits per heavy atom. The lowest BCUT2D eigenvalue weighted by atomic mass is 9.75. The number of cyclic esters (lactones) is 1. The van der Waals surface area contributed by atoms with Crippen LogP contribution in [0.25, 0.3) is 0 Å². The molecule has 18 heteroatoms. The Kier molecular flexibility index (Phi) is 16.6. The van der Waals surface area contributed by atoms with Crippen molar-refractivity contribution in [3.63, 3.8) is 0 Å². The van der Waals surface area contributed by atoms with E-state index in [4.69, 9.17) is 38.4 Å². The number of aromatic nitrogens is 3. The van der Waals surface area contributed by atoms with E-state index in [1.807, 2.05) is 46.1 Å². The van der Waals surface area contributed by atoms with E-state index in [1.54, 1.807) is 51.4 Å². The minimum atomic E-state index is -1.99. The van der Waals surface area contributed by atoms with Crippen molar-refractivity contribution >= 4 is 11.8 Å². The molecule has 0 unspecified atom stereocenters. The summed E-state index contributed by atoms with van der Waals surface area (Å²) in [6.45, 7) is 16.4. The lowest BCUT2D eigenvalue weighted by molar-refractivity contribution is -0.317. The summed E-state index contributed by atoms with van der Waals surface area (Å²) in [6.07, 6.45) is -6.81. The van der Waals surface area contributed by atoms with Crippen molar-refractivity contribution in [1.82, 2.24) is 19.9 Å². The van der Waals surface area contributed by atoms with Crippen molar-refractivity contribution in [2.24, 2.45) is 23.7 Å². The fraction of sp³-hybridized carbons (Fsp3) is 0.771. The van der Waals surface area contributed by atoms with Gasteiger partial charge >= 0.3 is 5.97 Å². The van der Waals surface area contributed by atoms with Gasteiger partial charge < -0.3 is 58.5 Å². The summed E-state index contributed by atoms with van der Waals surface area (Å²) in [5.41, 5.74) is -1.92. The summed E-state index contributed by atoms with van der Waals surface area (Å²) in [4.78, 5) is 30.6. The quantitative estimate of drug-likeness (QED) is 0.224. The number of carbonyl (C=O) groups is 2. The first-order chi connectivity index (χ1) is 31.0. The predicted molar refractivity (Wildman–Crippen MR) is 237 cm³/mol. The van der Waals surface area contributed by atoms with Gasteiger partial charge in [-0.2, -0.15) is 5.26 Å². The summed E-state index contributed by atoms with van der Waals surface area (Å²) in [5, 5.41) is 64.4. The summed E-state index contributed by atoms with van der Waals surface area (Å²) in [5.74, 6) is -4.56. The second-order valence-corrected chi connectivity index (χ2v) is 20.0. The van der Waals surface area contributed by atoms with Crippen LogP contribution in [0.5, 0.6) is 0 Å². The third-order valence-corrected chi connectivity index (χ3v) is 14.9. The minimum Gasteiger partial charge on any atom is -0.459 e. The molecule has 2 aromatic rings. The smallest absolute Gasteiger partial charge is 0.311 e. The summed E-state index contributed by atoms with van der Waals surface area (Å²) in [7, 11) is 3.43. The number of likely N-dealkylation sites (N-methyl/N-ethyl adjacent to an activating group) is 1. The largest absolute Gasteiger partial charge is 0.459 e. The molecule has 4 saturated heterocycles. The molecule has 0 spiro atoms. The van der Waals surface area contributed by atoms with Crippen molar-refractivity contribution in [2.75, 3.05) is 27.3 Å². The standard InChI is InChI=1S/C48H73N5O13/c1-12-36-48(9,59)41(56)27(3)38(54)33-20-47(8,61-25-33)43(28(4)40(29(5)44(58)64-36)65-37-21-46(7,60-11)42(57)30(6)63-37)66-45-39(55)35(19-26(2)62-45)52(10)18-17-34-24-53(51-50-34)23-32-15-13-31(22-49)14-16-32/h13-16,24,26-30,33,35-37,39-43,45,55-57,59H,12,17-21,23,25H2,1-11H3/t26-,27+,28+,29-,30+,33+,35+,36-,37+,39-,40+,41-,42+,43-,45+,46-,47-,48-/m1/s1. The molecule has 0 radical (unpaired) electrons. The van der Waals surface area contributed by atoms with Crippen LogP contribution in [-0.2, 0) is 55.7 Å². The van der Waals surface area contributed by atoms with Crippen LogP contribution in [0, 0.1) is 35.0 Å². The van der Waals surface area contributed by atoms with E-state index in [-0.39, 0.29) is 37.8 Å². The number of rotatable bonds is 12. The van der Waals surface area contributed by atoms with Crippen LogP contribution >= 0.6 is 0 Å². The molecule has 0 saturated carbocycles. The zero-order valence-electron chi connectivity index (χ0n) is 40.4. The maximum absolute atomic E-state index is 14.4. The molecule has 4 fully saturated rings. The topological polar surface area (TPSA) is 237 Å². The fourth-order valence-corrected chi connectivity index (χ4v) is 10.5. The molecule has 4 aliphatic heterocycles. The van der Waals surface area contributed by atoms with E-state index in [2.05, 4.69) is 21.3 Å². The predicted octanol–water partition coefficient (Wildman–Crippen LogP) is 2.93. The molecule has 18 nitrogen and oxygen atoms in total. The number of carbonyl (C=O) groups excluding carboxylic acids is 2. The van der Waals surface area contributed by atoms with Gasteiger partial charge in [0.15, 0.2) is 12.6 Å². The summed E-state index contributed by atoms with van der Waals surface area (Å²) in [6, 6.07) is 9.03. The van der Waals surface area contributed by atoms with Gasteiger partial charge in [0, 0.05) is 56.5 Å². The molecule has 1 aromatic carbocycles. The third kappa shape index (κ3) is 11.0. The monoisotopic (exact) mass is 928 g/mol. The maximum atomic E-state index is 14.4. The Hall–Kier alpha value is -3.45. The van der Waals surface area contributed by atoms with Crippen molar-refractivity contribution < 1.29 is 63.2 Å². The first-order valence-corrected chi connectivity index (χ1v) is 23.5. The summed E-state index contributed by atoms with van der Waals surface area (Å²) < 4.78 is 46.6. The number of nitriles is 1. The number of benzene rings is 1. The molecule has 6 rings (SSSR count). The zero-order chi connectivity index (χ0) is 48.5. The number of nitrogens with zero attached hydrogens (tertiary/aromatic N) is 5. The van der Waals surface area contributed by atoms with Crippen molar-refractivity contribution in [3.8, 4) is 6.07 Å². The van der Waals surface area contributed by atoms with Crippen molar-refractivity contribution in [3.05, 3.63) is 47.3 Å². The number of ether oxygens (including phenoxy) is 7. The van der Waals surface area contributed by atoms with Gasteiger partial charge in [-0.3, -0.25) is 9.59 Å². The third-order valence-electron chi connectivity index (χ3n) is 14.9. The van der Waals surface area contributed by atoms with Crippen LogP contribution in [0.3, 0.4) is 0 Å². The molecule has 4 N–H and O–H groups in total. The van der Waals surface area contributed by atoms with Gasteiger partial charge in [0.1, 0.15) is 29.7 Å². The van der Waals surface area contributed by atoms with E-state index in [9.17, 15) is 30.0 Å². The molecule has 18 atom stereocenters. The maximum Gasteiger partial charge on any atom is 0.311 e. The molecule has 0 aliphatic carbocycles.